The van der Waals surface area contributed by atoms with Crippen molar-refractivity contribution in [3.8, 4) is 0 Å². The molecule has 4 heteroatoms. The van der Waals surface area contributed by atoms with Gasteiger partial charge in [-0.1, -0.05) is 18.5 Å². The smallest absolute Gasteiger partial charge is 0.0931 e. The maximum atomic E-state index is 6.06. The van der Waals surface area contributed by atoms with Gasteiger partial charge in [0.1, 0.15) is 0 Å². The highest BCUT2D eigenvalue weighted by atomic mass is 35.5. The first kappa shape index (κ1) is 11.4. The van der Waals surface area contributed by atoms with Gasteiger partial charge in [0.2, 0.25) is 0 Å². The summed E-state index contributed by atoms with van der Waals surface area (Å²) in [6.07, 6.45) is 1.21. The lowest BCUT2D eigenvalue weighted by atomic mass is 9.94. The fourth-order valence-electron chi connectivity index (χ4n) is 1.97. The quantitative estimate of drug-likeness (QED) is 0.867. The summed E-state index contributed by atoms with van der Waals surface area (Å²) in [6.45, 7) is 5.41. The van der Waals surface area contributed by atoms with Crippen molar-refractivity contribution >= 4 is 22.9 Å². The van der Waals surface area contributed by atoms with Crippen LogP contribution in [0.25, 0.3) is 0 Å². The van der Waals surface area contributed by atoms with Crippen LogP contribution >= 0.6 is 22.9 Å². The summed E-state index contributed by atoms with van der Waals surface area (Å²) in [5, 5.41) is 0. The zero-order chi connectivity index (χ0) is 10.8. The van der Waals surface area contributed by atoms with Crippen molar-refractivity contribution in [2.45, 2.75) is 25.9 Å². The maximum Gasteiger partial charge on any atom is 0.0931 e. The van der Waals surface area contributed by atoms with Crippen molar-refractivity contribution in [2.75, 3.05) is 13.1 Å². The van der Waals surface area contributed by atoms with Gasteiger partial charge in [-0.3, -0.25) is 4.90 Å². The first-order valence-corrected chi connectivity index (χ1v) is 6.57. The van der Waals surface area contributed by atoms with Gasteiger partial charge < -0.3 is 5.73 Å². The van der Waals surface area contributed by atoms with E-state index in [0.29, 0.717) is 12.0 Å². The molecule has 15 heavy (non-hydrogen) atoms. The molecule has 0 bridgehead atoms. The molecule has 84 valence electrons. The minimum atomic E-state index is 0.328. The molecule has 0 saturated carbocycles. The zero-order valence-electron chi connectivity index (χ0n) is 8.95. The number of likely N-dealkylation sites (tertiary alicyclic amines) is 1. The summed E-state index contributed by atoms with van der Waals surface area (Å²) in [5.74, 6) is 0.660. The molecule has 2 heterocycles. The standard InChI is InChI=1S/C11H17ClN2S/c1-8-4-5-14(7-10(8)13)6-9-2-3-11(12)15-9/h2-3,8,10H,4-7,13H2,1H3. The van der Waals surface area contributed by atoms with Gasteiger partial charge in [-0.25, -0.2) is 0 Å². The Morgan fingerprint density at radius 1 is 1.60 bits per heavy atom. The molecular weight excluding hydrogens is 228 g/mol. The van der Waals surface area contributed by atoms with Crippen LogP contribution in [0.1, 0.15) is 18.2 Å². The van der Waals surface area contributed by atoms with E-state index in [2.05, 4.69) is 17.9 Å². The molecular formula is C11H17ClN2S. The summed E-state index contributed by atoms with van der Waals surface area (Å²) in [6, 6.07) is 4.40. The van der Waals surface area contributed by atoms with Crippen molar-refractivity contribution < 1.29 is 0 Å². The molecule has 1 fully saturated rings. The van der Waals surface area contributed by atoms with Crippen LogP contribution in [0.5, 0.6) is 0 Å². The number of halogens is 1. The van der Waals surface area contributed by atoms with E-state index >= 15 is 0 Å². The molecule has 1 aromatic heterocycles. The van der Waals surface area contributed by atoms with Crippen LogP contribution in [-0.2, 0) is 6.54 Å². The van der Waals surface area contributed by atoms with Gasteiger partial charge in [0, 0.05) is 24.0 Å². The third-order valence-corrected chi connectivity index (χ3v) is 4.32. The van der Waals surface area contributed by atoms with E-state index in [1.54, 1.807) is 11.3 Å². The third kappa shape index (κ3) is 2.94. The molecule has 0 aliphatic carbocycles. The summed E-state index contributed by atoms with van der Waals surface area (Å²) in [4.78, 5) is 3.76. The largest absolute Gasteiger partial charge is 0.326 e. The Hall–Kier alpha value is -0.0900. The van der Waals surface area contributed by atoms with E-state index in [9.17, 15) is 0 Å². The molecule has 1 aromatic rings. The van der Waals surface area contributed by atoms with Crippen molar-refractivity contribution in [1.29, 1.82) is 0 Å². The second kappa shape index (κ2) is 4.83. The molecule has 0 aromatic carbocycles. The van der Waals surface area contributed by atoms with Gasteiger partial charge in [0.05, 0.1) is 4.34 Å². The van der Waals surface area contributed by atoms with Gasteiger partial charge in [0.25, 0.3) is 0 Å². The summed E-state index contributed by atoms with van der Waals surface area (Å²) in [7, 11) is 0. The predicted octanol–water partition coefficient (Wildman–Crippen LogP) is 2.57. The first-order chi connectivity index (χ1) is 7.15. The van der Waals surface area contributed by atoms with Gasteiger partial charge >= 0.3 is 0 Å². The SMILES string of the molecule is CC1CCN(Cc2ccc(Cl)s2)CC1N. The van der Waals surface area contributed by atoms with E-state index in [0.717, 1.165) is 24.0 Å². The zero-order valence-corrected chi connectivity index (χ0v) is 10.5. The second-order valence-corrected chi connectivity index (χ2v) is 6.17. The van der Waals surface area contributed by atoms with Gasteiger partial charge in [-0.05, 0) is 31.0 Å². The Balaban J connectivity index is 1.90. The average molecular weight is 245 g/mol. The highest BCUT2D eigenvalue weighted by molar-refractivity contribution is 7.16. The lowest BCUT2D eigenvalue weighted by molar-refractivity contribution is 0.163. The minimum Gasteiger partial charge on any atom is -0.326 e. The van der Waals surface area contributed by atoms with E-state index < -0.39 is 0 Å². The van der Waals surface area contributed by atoms with Crippen molar-refractivity contribution in [3.05, 3.63) is 21.3 Å². The summed E-state index contributed by atoms with van der Waals surface area (Å²) in [5.41, 5.74) is 6.06. The van der Waals surface area contributed by atoms with E-state index in [1.165, 1.54) is 11.3 Å². The minimum absolute atomic E-state index is 0.328. The molecule has 2 atom stereocenters. The molecule has 0 radical (unpaired) electrons. The van der Waals surface area contributed by atoms with Crippen LogP contribution in [0.2, 0.25) is 4.34 Å². The van der Waals surface area contributed by atoms with Gasteiger partial charge in [0.15, 0.2) is 0 Å². The lowest BCUT2D eigenvalue weighted by Gasteiger charge is -2.34. The molecule has 0 amide bonds. The van der Waals surface area contributed by atoms with Crippen LogP contribution in [0.4, 0.5) is 0 Å². The number of piperidine rings is 1. The van der Waals surface area contributed by atoms with Gasteiger partial charge in [-0.15, -0.1) is 11.3 Å². The van der Waals surface area contributed by atoms with E-state index in [-0.39, 0.29) is 0 Å². The fraction of sp³-hybridized carbons (Fsp3) is 0.636. The fourth-order valence-corrected chi connectivity index (χ4v) is 3.10. The van der Waals surface area contributed by atoms with Crippen LogP contribution in [0.3, 0.4) is 0 Å². The van der Waals surface area contributed by atoms with Crippen molar-refractivity contribution in [3.63, 3.8) is 0 Å². The Morgan fingerprint density at radius 3 is 3.00 bits per heavy atom. The molecule has 0 spiro atoms. The normalized spacial score (nSPS) is 28.2. The first-order valence-electron chi connectivity index (χ1n) is 5.37. The van der Waals surface area contributed by atoms with E-state index in [1.807, 2.05) is 6.07 Å². The van der Waals surface area contributed by atoms with Crippen molar-refractivity contribution in [1.82, 2.24) is 4.90 Å². The topological polar surface area (TPSA) is 29.3 Å². The molecule has 2 N–H and O–H groups in total. The Morgan fingerprint density at radius 2 is 2.40 bits per heavy atom. The van der Waals surface area contributed by atoms with Crippen LogP contribution in [-0.4, -0.2) is 24.0 Å². The number of hydrogen-bond acceptors (Lipinski definition) is 3. The Labute approximate surface area is 100 Å². The van der Waals surface area contributed by atoms with Crippen LogP contribution in [0, 0.1) is 5.92 Å². The third-order valence-electron chi connectivity index (χ3n) is 3.11. The molecule has 2 nitrogen and oxygen atoms in total. The predicted molar refractivity (Wildman–Crippen MR) is 66.4 cm³/mol. The molecule has 2 unspecified atom stereocenters. The molecule has 1 saturated heterocycles. The number of nitrogens with zero attached hydrogens (tertiary/aromatic N) is 1. The number of hydrogen-bond donors (Lipinski definition) is 1. The molecule has 1 aliphatic rings. The molecule has 2 rings (SSSR count). The van der Waals surface area contributed by atoms with Gasteiger partial charge in [-0.2, -0.15) is 0 Å². The second-order valence-electron chi connectivity index (χ2n) is 4.37. The maximum absolute atomic E-state index is 6.06. The van der Waals surface area contributed by atoms with Crippen LogP contribution < -0.4 is 5.73 Å². The number of nitrogens with two attached hydrogens (primary N) is 1. The van der Waals surface area contributed by atoms with E-state index in [4.69, 9.17) is 17.3 Å². The van der Waals surface area contributed by atoms with Crippen molar-refractivity contribution in [2.24, 2.45) is 11.7 Å². The summed E-state index contributed by atoms with van der Waals surface area (Å²) < 4.78 is 0.875. The molecule has 1 aliphatic heterocycles. The summed E-state index contributed by atoms with van der Waals surface area (Å²) >= 11 is 7.57. The average Bonchev–Trinajstić information content (AvgIpc) is 2.58. The highest BCUT2D eigenvalue weighted by Gasteiger charge is 2.23. The Kier molecular flexibility index (Phi) is 3.67. The Bertz CT molecular complexity index is 326. The van der Waals surface area contributed by atoms with Crippen LogP contribution in [0.15, 0.2) is 12.1 Å². The monoisotopic (exact) mass is 244 g/mol. The lowest BCUT2D eigenvalue weighted by Crippen LogP contribution is -2.46. The number of rotatable bonds is 2. The highest BCUT2D eigenvalue weighted by Crippen LogP contribution is 2.24. The number of thiophene rings is 1.